The number of hydrogen-bond acceptors (Lipinski definition) is 7. The van der Waals surface area contributed by atoms with Gasteiger partial charge in [-0.3, -0.25) is 9.36 Å². The maximum atomic E-state index is 12.6. The van der Waals surface area contributed by atoms with E-state index in [1.54, 1.807) is 38.5 Å². The summed E-state index contributed by atoms with van der Waals surface area (Å²) < 4.78 is 18.6. The highest BCUT2D eigenvalue weighted by molar-refractivity contribution is 7.99. The fourth-order valence-electron chi connectivity index (χ4n) is 3.41. The number of benzene rings is 2. The molecule has 180 valence electrons. The molecule has 1 amide bonds. The Morgan fingerprint density at radius 1 is 1.15 bits per heavy atom. The van der Waals surface area contributed by atoms with Crippen molar-refractivity contribution in [1.29, 1.82) is 0 Å². The van der Waals surface area contributed by atoms with Crippen LogP contribution in [-0.4, -0.2) is 40.6 Å². The van der Waals surface area contributed by atoms with Crippen LogP contribution in [0.25, 0.3) is 0 Å². The van der Waals surface area contributed by atoms with Crippen LogP contribution in [0.2, 0.25) is 0 Å². The van der Waals surface area contributed by atoms with Crippen molar-refractivity contribution < 1.29 is 19.0 Å². The van der Waals surface area contributed by atoms with Crippen LogP contribution in [0.1, 0.15) is 30.0 Å². The summed E-state index contributed by atoms with van der Waals surface area (Å²) in [4.78, 5) is 12.6. The molecular formula is C25H30N4O4S. The minimum atomic E-state index is -0.335. The second kappa shape index (κ2) is 11.6. The Morgan fingerprint density at radius 2 is 1.91 bits per heavy atom. The Hall–Kier alpha value is -3.46. The van der Waals surface area contributed by atoms with Crippen molar-refractivity contribution in [2.45, 2.75) is 38.6 Å². The van der Waals surface area contributed by atoms with E-state index in [1.807, 2.05) is 37.5 Å². The number of aryl methyl sites for hydroxylation is 2. The van der Waals surface area contributed by atoms with E-state index in [4.69, 9.17) is 14.2 Å². The predicted molar refractivity (Wildman–Crippen MR) is 134 cm³/mol. The molecule has 3 rings (SSSR count). The van der Waals surface area contributed by atoms with Gasteiger partial charge in [0.25, 0.3) is 0 Å². The third-order valence-electron chi connectivity index (χ3n) is 5.07. The molecule has 3 aromatic rings. The van der Waals surface area contributed by atoms with Crippen LogP contribution in [0, 0.1) is 13.8 Å². The Kier molecular flexibility index (Phi) is 8.59. The van der Waals surface area contributed by atoms with Crippen LogP contribution in [0.3, 0.4) is 0 Å². The van der Waals surface area contributed by atoms with E-state index < -0.39 is 0 Å². The lowest BCUT2D eigenvalue weighted by atomic mass is 10.1. The van der Waals surface area contributed by atoms with Gasteiger partial charge in [-0.05, 0) is 44.5 Å². The molecule has 0 aliphatic carbocycles. The van der Waals surface area contributed by atoms with E-state index in [0.29, 0.717) is 34.7 Å². The van der Waals surface area contributed by atoms with Gasteiger partial charge in [-0.15, -0.1) is 16.8 Å². The molecule has 0 saturated heterocycles. The largest absolute Gasteiger partial charge is 0.497 e. The van der Waals surface area contributed by atoms with Crippen LogP contribution in [0.15, 0.2) is 54.2 Å². The van der Waals surface area contributed by atoms with Crippen molar-refractivity contribution in [3.8, 4) is 17.2 Å². The van der Waals surface area contributed by atoms with Crippen LogP contribution >= 0.6 is 11.8 Å². The lowest BCUT2D eigenvalue weighted by Crippen LogP contribution is -2.16. The monoisotopic (exact) mass is 482 g/mol. The quantitative estimate of drug-likeness (QED) is 0.305. The van der Waals surface area contributed by atoms with Crippen LogP contribution in [-0.2, 0) is 11.3 Å². The molecule has 0 bridgehead atoms. The molecule has 0 aliphatic rings. The standard InChI is InChI=1S/C25H30N4O4S/c1-7-12-29-24(18(4)33-21-10-8-16(2)13-17(21)3)27-28-25(29)34-15-23(30)26-20-14-19(31-5)9-11-22(20)32-6/h7-11,13-14,18H,1,12,15H2,2-6H3,(H,26,30). The van der Waals surface area contributed by atoms with Crippen molar-refractivity contribution in [2.75, 3.05) is 25.3 Å². The first-order valence-electron chi connectivity index (χ1n) is 10.8. The number of hydrogen-bond donors (Lipinski definition) is 1. The summed E-state index contributed by atoms with van der Waals surface area (Å²) in [6.45, 7) is 10.3. The lowest BCUT2D eigenvalue weighted by Gasteiger charge is -2.17. The second-order valence-electron chi connectivity index (χ2n) is 7.67. The van der Waals surface area contributed by atoms with Crippen molar-refractivity contribution in [1.82, 2.24) is 14.8 Å². The molecule has 1 unspecified atom stereocenters. The van der Waals surface area contributed by atoms with E-state index in [2.05, 4.69) is 28.2 Å². The van der Waals surface area contributed by atoms with Crippen LogP contribution in [0.5, 0.6) is 17.2 Å². The number of anilines is 1. The molecule has 1 heterocycles. The summed E-state index contributed by atoms with van der Waals surface area (Å²) in [5.41, 5.74) is 2.77. The van der Waals surface area contributed by atoms with Crippen LogP contribution in [0.4, 0.5) is 5.69 Å². The summed E-state index contributed by atoms with van der Waals surface area (Å²) >= 11 is 1.29. The zero-order chi connectivity index (χ0) is 24.7. The number of allylic oxidation sites excluding steroid dienone is 1. The molecule has 0 radical (unpaired) electrons. The number of nitrogens with one attached hydrogen (secondary N) is 1. The molecule has 8 nitrogen and oxygen atoms in total. The van der Waals surface area contributed by atoms with Gasteiger partial charge in [0.2, 0.25) is 5.91 Å². The predicted octanol–water partition coefficient (Wildman–Crippen LogP) is 4.97. The van der Waals surface area contributed by atoms with E-state index >= 15 is 0 Å². The Labute approximate surface area is 204 Å². The number of carbonyl (C=O) groups excluding carboxylic acids is 1. The molecule has 34 heavy (non-hydrogen) atoms. The Bertz CT molecular complexity index is 1160. The minimum absolute atomic E-state index is 0.141. The van der Waals surface area contributed by atoms with Gasteiger partial charge in [0.1, 0.15) is 17.2 Å². The van der Waals surface area contributed by atoms with Crippen molar-refractivity contribution in [2.24, 2.45) is 0 Å². The van der Waals surface area contributed by atoms with Crippen molar-refractivity contribution in [3.63, 3.8) is 0 Å². The molecule has 9 heteroatoms. The van der Waals surface area contributed by atoms with Gasteiger partial charge in [-0.25, -0.2) is 0 Å². The molecule has 0 spiro atoms. The molecule has 2 aromatic carbocycles. The first-order valence-corrected chi connectivity index (χ1v) is 11.8. The second-order valence-corrected chi connectivity index (χ2v) is 8.61. The zero-order valence-corrected chi connectivity index (χ0v) is 20.9. The topological polar surface area (TPSA) is 87.5 Å². The fourth-order valence-corrected chi connectivity index (χ4v) is 4.17. The molecule has 0 fully saturated rings. The van der Waals surface area contributed by atoms with Gasteiger partial charge in [0.05, 0.1) is 25.7 Å². The van der Waals surface area contributed by atoms with E-state index in [1.165, 1.54) is 17.3 Å². The highest BCUT2D eigenvalue weighted by Crippen LogP contribution is 2.30. The fraction of sp³-hybridized carbons (Fsp3) is 0.320. The van der Waals surface area contributed by atoms with Gasteiger partial charge in [-0.2, -0.15) is 0 Å². The third-order valence-corrected chi connectivity index (χ3v) is 6.03. The molecule has 1 N–H and O–H groups in total. The number of aromatic nitrogens is 3. The maximum Gasteiger partial charge on any atom is 0.234 e. The minimum Gasteiger partial charge on any atom is -0.497 e. The van der Waals surface area contributed by atoms with Gasteiger partial charge < -0.3 is 19.5 Å². The first kappa shape index (κ1) is 25.2. The number of thioether (sulfide) groups is 1. The van der Waals surface area contributed by atoms with Crippen molar-refractivity contribution in [3.05, 3.63) is 66.0 Å². The zero-order valence-electron chi connectivity index (χ0n) is 20.1. The maximum absolute atomic E-state index is 12.6. The molecule has 0 saturated carbocycles. The van der Waals surface area contributed by atoms with Gasteiger partial charge in [0.15, 0.2) is 17.1 Å². The summed E-state index contributed by atoms with van der Waals surface area (Å²) in [6, 6.07) is 11.3. The third kappa shape index (κ3) is 6.11. The Balaban J connectivity index is 1.71. The van der Waals surface area contributed by atoms with E-state index in [0.717, 1.165) is 11.3 Å². The normalized spacial score (nSPS) is 11.6. The first-order chi connectivity index (χ1) is 16.4. The van der Waals surface area contributed by atoms with Gasteiger partial charge >= 0.3 is 0 Å². The van der Waals surface area contributed by atoms with Crippen molar-refractivity contribution >= 4 is 23.4 Å². The Morgan fingerprint density at radius 3 is 2.59 bits per heavy atom. The van der Waals surface area contributed by atoms with Gasteiger partial charge in [0, 0.05) is 12.6 Å². The average Bonchev–Trinajstić information content (AvgIpc) is 3.22. The summed E-state index contributed by atoms with van der Waals surface area (Å²) in [5.74, 6) is 2.57. The number of ether oxygens (including phenoxy) is 3. The summed E-state index contributed by atoms with van der Waals surface area (Å²) in [7, 11) is 3.12. The number of carbonyl (C=O) groups is 1. The summed E-state index contributed by atoms with van der Waals surface area (Å²) in [5, 5.41) is 12.1. The van der Waals surface area contributed by atoms with Crippen LogP contribution < -0.4 is 19.5 Å². The smallest absolute Gasteiger partial charge is 0.234 e. The molecule has 1 aromatic heterocycles. The highest BCUT2D eigenvalue weighted by Gasteiger charge is 2.20. The average molecular weight is 483 g/mol. The SMILES string of the molecule is C=CCn1c(SCC(=O)Nc2cc(OC)ccc2OC)nnc1C(C)Oc1ccc(C)cc1C. The van der Waals surface area contributed by atoms with E-state index in [9.17, 15) is 4.79 Å². The molecule has 1 atom stereocenters. The molecule has 0 aliphatic heterocycles. The number of rotatable bonds is 11. The van der Waals surface area contributed by atoms with E-state index in [-0.39, 0.29) is 17.8 Å². The lowest BCUT2D eigenvalue weighted by molar-refractivity contribution is -0.113. The number of nitrogens with zero attached hydrogens (tertiary/aromatic N) is 3. The number of amides is 1. The highest BCUT2D eigenvalue weighted by atomic mass is 32.2. The number of methoxy groups -OCH3 is 2. The molecular weight excluding hydrogens is 452 g/mol. The summed E-state index contributed by atoms with van der Waals surface area (Å²) in [6.07, 6.45) is 1.43. The van der Waals surface area contributed by atoms with Gasteiger partial charge in [-0.1, -0.05) is 35.5 Å².